The molecule has 2 rings (SSSR count). The van der Waals surface area contributed by atoms with Crippen molar-refractivity contribution in [1.29, 1.82) is 0 Å². The van der Waals surface area contributed by atoms with Crippen molar-refractivity contribution < 1.29 is 0 Å². The van der Waals surface area contributed by atoms with E-state index in [1.165, 1.54) is 32.1 Å². The van der Waals surface area contributed by atoms with Crippen molar-refractivity contribution in [2.24, 2.45) is 21.5 Å². The number of hydrogen-bond acceptors (Lipinski definition) is 2. The fourth-order valence-electron chi connectivity index (χ4n) is 2.77. The van der Waals surface area contributed by atoms with Crippen LogP contribution in [0, 0.1) is 11.3 Å². The largest absolute Gasteiger partial charge is 0.142 e. The van der Waals surface area contributed by atoms with Gasteiger partial charge in [-0.1, -0.05) is 62.2 Å². The fourth-order valence-corrected chi connectivity index (χ4v) is 3.42. The van der Waals surface area contributed by atoms with Crippen LogP contribution < -0.4 is 0 Å². The van der Waals surface area contributed by atoms with Crippen molar-refractivity contribution in [2.75, 3.05) is 0 Å². The summed E-state index contributed by atoms with van der Waals surface area (Å²) in [6.45, 7) is 2.19. The van der Waals surface area contributed by atoms with E-state index in [2.05, 4.69) is 17.1 Å². The first-order chi connectivity index (χ1) is 7.64. The molecule has 0 aromatic carbocycles. The Hall–Kier alpha value is -0.0800. The second kappa shape index (κ2) is 5.05. The molecule has 2 unspecified atom stereocenters. The van der Waals surface area contributed by atoms with Crippen LogP contribution in [0.1, 0.15) is 51.9 Å². The van der Waals surface area contributed by atoms with Gasteiger partial charge in [0.25, 0.3) is 0 Å². The van der Waals surface area contributed by atoms with E-state index in [0.717, 1.165) is 12.8 Å². The SMILES string of the molecule is CC12CCCCCCCC1C(Cl)=NN=C2Cl. The third-order valence-electron chi connectivity index (χ3n) is 3.95. The third kappa shape index (κ3) is 2.28. The highest BCUT2D eigenvalue weighted by molar-refractivity contribution is 6.70. The summed E-state index contributed by atoms with van der Waals surface area (Å²) in [6.07, 6.45) is 8.51. The van der Waals surface area contributed by atoms with Crippen LogP contribution in [-0.2, 0) is 0 Å². The molecular formula is C12H18Cl2N2. The maximum absolute atomic E-state index is 6.26. The molecule has 0 amide bonds. The third-order valence-corrected chi connectivity index (χ3v) is 4.80. The predicted molar refractivity (Wildman–Crippen MR) is 70.5 cm³/mol. The molecule has 0 bridgehead atoms. The van der Waals surface area contributed by atoms with Crippen LogP contribution in [-0.4, -0.2) is 10.3 Å². The Balaban J connectivity index is 2.27. The molecule has 1 heterocycles. The number of fused-ring (bicyclic) bond motifs is 1. The zero-order valence-corrected chi connectivity index (χ0v) is 11.2. The standard InChI is InChI=1S/C12H18Cl2N2/c1-12-8-6-4-2-3-5-7-9(12)10(13)15-16-11(12)14/h9H,2-8H2,1H3. The van der Waals surface area contributed by atoms with Gasteiger partial charge < -0.3 is 0 Å². The molecule has 1 aliphatic heterocycles. The van der Waals surface area contributed by atoms with Crippen molar-refractivity contribution in [3.8, 4) is 0 Å². The Morgan fingerprint density at radius 2 is 1.75 bits per heavy atom. The molecular weight excluding hydrogens is 243 g/mol. The quantitative estimate of drug-likeness (QED) is 0.610. The van der Waals surface area contributed by atoms with Gasteiger partial charge in [-0.25, -0.2) is 0 Å². The van der Waals surface area contributed by atoms with Crippen molar-refractivity contribution >= 4 is 33.5 Å². The Labute approximate surface area is 107 Å². The van der Waals surface area contributed by atoms with Gasteiger partial charge in [-0.05, 0) is 12.8 Å². The lowest BCUT2D eigenvalue weighted by molar-refractivity contribution is 0.314. The average molecular weight is 261 g/mol. The van der Waals surface area contributed by atoms with E-state index < -0.39 is 0 Å². The molecule has 0 saturated heterocycles. The molecule has 2 aliphatic rings. The summed E-state index contributed by atoms with van der Waals surface area (Å²) < 4.78 is 0. The average Bonchev–Trinajstić information content (AvgIpc) is 2.35. The van der Waals surface area contributed by atoms with Crippen LogP contribution in [0.5, 0.6) is 0 Å². The molecule has 1 fully saturated rings. The minimum atomic E-state index is -0.0786. The molecule has 16 heavy (non-hydrogen) atoms. The first kappa shape index (κ1) is 12.4. The minimum absolute atomic E-state index is 0.0786. The monoisotopic (exact) mass is 260 g/mol. The summed E-state index contributed by atoms with van der Waals surface area (Å²) in [7, 11) is 0. The van der Waals surface area contributed by atoms with Gasteiger partial charge in [-0.3, -0.25) is 0 Å². The van der Waals surface area contributed by atoms with Gasteiger partial charge in [-0.2, -0.15) is 0 Å². The predicted octanol–water partition coefficient (Wildman–Crippen LogP) is 4.56. The van der Waals surface area contributed by atoms with E-state index in [4.69, 9.17) is 23.2 Å². The Kier molecular flexibility index (Phi) is 3.91. The number of nitrogens with zero attached hydrogens (tertiary/aromatic N) is 2. The minimum Gasteiger partial charge on any atom is -0.142 e. The van der Waals surface area contributed by atoms with Gasteiger partial charge in [0.2, 0.25) is 0 Å². The molecule has 1 saturated carbocycles. The van der Waals surface area contributed by atoms with E-state index in [1.54, 1.807) is 0 Å². The van der Waals surface area contributed by atoms with Crippen molar-refractivity contribution in [3.05, 3.63) is 0 Å². The molecule has 0 aromatic heterocycles. The van der Waals surface area contributed by atoms with Gasteiger partial charge in [0.05, 0.1) is 0 Å². The van der Waals surface area contributed by atoms with Crippen LogP contribution in [0.4, 0.5) is 0 Å². The number of hydrogen-bond donors (Lipinski definition) is 0. The first-order valence-electron chi connectivity index (χ1n) is 6.11. The highest BCUT2D eigenvalue weighted by Gasteiger charge is 2.42. The normalized spacial score (nSPS) is 36.3. The summed E-state index contributed by atoms with van der Waals surface area (Å²) >= 11 is 12.5. The zero-order valence-electron chi connectivity index (χ0n) is 9.68. The summed E-state index contributed by atoms with van der Waals surface area (Å²) in [5.74, 6) is 0.275. The van der Waals surface area contributed by atoms with Crippen LogP contribution >= 0.6 is 23.2 Å². The molecule has 90 valence electrons. The first-order valence-corrected chi connectivity index (χ1v) is 6.87. The van der Waals surface area contributed by atoms with E-state index in [9.17, 15) is 0 Å². The van der Waals surface area contributed by atoms with Gasteiger partial charge in [-0.15, -0.1) is 10.2 Å². The van der Waals surface area contributed by atoms with Crippen LogP contribution in [0.2, 0.25) is 0 Å². The summed E-state index contributed by atoms with van der Waals surface area (Å²) in [5.41, 5.74) is -0.0786. The van der Waals surface area contributed by atoms with E-state index in [-0.39, 0.29) is 11.3 Å². The molecule has 0 radical (unpaired) electrons. The fraction of sp³-hybridized carbons (Fsp3) is 0.833. The van der Waals surface area contributed by atoms with Gasteiger partial charge in [0, 0.05) is 11.3 Å². The second-order valence-corrected chi connectivity index (χ2v) is 5.84. The lowest BCUT2D eigenvalue weighted by atomic mass is 9.72. The second-order valence-electron chi connectivity index (χ2n) is 5.09. The maximum atomic E-state index is 6.26. The zero-order chi connectivity index (χ0) is 11.6. The highest BCUT2D eigenvalue weighted by Crippen LogP contribution is 2.44. The van der Waals surface area contributed by atoms with E-state index >= 15 is 0 Å². The molecule has 4 heteroatoms. The molecule has 2 atom stereocenters. The highest BCUT2D eigenvalue weighted by atomic mass is 35.5. The molecule has 0 aromatic rings. The number of halogens is 2. The molecule has 0 spiro atoms. The lowest BCUT2D eigenvalue weighted by Crippen LogP contribution is -2.38. The van der Waals surface area contributed by atoms with Crippen molar-refractivity contribution in [2.45, 2.75) is 51.9 Å². The number of rotatable bonds is 0. The van der Waals surface area contributed by atoms with Crippen molar-refractivity contribution in [3.63, 3.8) is 0 Å². The van der Waals surface area contributed by atoms with Crippen LogP contribution in [0.15, 0.2) is 10.2 Å². The van der Waals surface area contributed by atoms with Gasteiger partial charge >= 0.3 is 0 Å². The Bertz CT molecular complexity index is 325. The van der Waals surface area contributed by atoms with Crippen LogP contribution in [0.3, 0.4) is 0 Å². The maximum Gasteiger partial charge on any atom is 0.135 e. The molecule has 2 nitrogen and oxygen atoms in total. The topological polar surface area (TPSA) is 24.7 Å². The summed E-state index contributed by atoms with van der Waals surface area (Å²) in [6, 6.07) is 0. The molecule has 1 aliphatic carbocycles. The Morgan fingerprint density at radius 1 is 1.06 bits per heavy atom. The van der Waals surface area contributed by atoms with E-state index in [0.29, 0.717) is 10.3 Å². The smallest absolute Gasteiger partial charge is 0.135 e. The Morgan fingerprint density at radius 3 is 2.56 bits per heavy atom. The van der Waals surface area contributed by atoms with Crippen LogP contribution in [0.25, 0.3) is 0 Å². The van der Waals surface area contributed by atoms with Gasteiger partial charge in [0.1, 0.15) is 10.3 Å². The summed E-state index contributed by atoms with van der Waals surface area (Å²) in [4.78, 5) is 0. The van der Waals surface area contributed by atoms with Crippen molar-refractivity contribution in [1.82, 2.24) is 0 Å². The lowest BCUT2D eigenvalue weighted by Gasteiger charge is -2.37. The summed E-state index contributed by atoms with van der Waals surface area (Å²) in [5, 5.41) is 9.28. The molecule has 0 N–H and O–H groups in total. The van der Waals surface area contributed by atoms with Gasteiger partial charge in [0.15, 0.2) is 0 Å². The van der Waals surface area contributed by atoms with E-state index in [1.807, 2.05) is 0 Å².